The van der Waals surface area contributed by atoms with Gasteiger partial charge in [0.2, 0.25) is 0 Å². The number of carboxylic acid groups (broad SMARTS) is 1. The van der Waals surface area contributed by atoms with Crippen molar-refractivity contribution >= 4 is 17.7 Å². The molecule has 1 aromatic heterocycles. The standard InChI is InChI=1S/C10H15N3O4S/c1-2-17-7-3-6(4-7)13-9(16)11-12-10(13)18-5-8(14)15/h6-7H,2-5H2,1H3,(H,11,16)(H,14,15). The monoisotopic (exact) mass is 273 g/mol. The number of ether oxygens (including phenoxy) is 1. The van der Waals surface area contributed by atoms with Crippen LogP contribution in [-0.2, 0) is 9.53 Å². The molecule has 0 atom stereocenters. The molecule has 0 bridgehead atoms. The molecule has 1 fully saturated rings. The van der Waals surface area contributed by atoms with Crippen LogP contribution in [0, 0.1) is 0 Å². The van der Waals surface area contributed by atoms with Crippen LogP contribution in [0.4, 0.5) is 0 Å². The van der Waals surface area contributed by atoms with Crippen LogP contribution in [-0.4, -0.2) is 44.3 Å². The van der Waals surface area contributed by atoms with E-state index in [0.29, 0.717) is 11.8 Å². The highest BCUT2D eigenvalue weighted by molar-refractivity contribution is 7.99. The average Bonchev–Trinajstić information content (AvgIpc) is 2.62. The molecule has 0 spiro atoms. The van der Waals surface area contributed by atoms with Crippen molar-refractivity contribution in [1.82, 2.24) is 14.8 Å². The highest BCUT2D eigenvalue weighted by Crippen LogP contribution is 2.35. The van der Waals surface area contributed by atoms with Gasteiger partial charge in [-0.25, -0.2) is 9.89 Å². The summed E-state index contributed by atoms with van der Waals surface area (Å²) in [5.74, 6) is -1.03. The third-order valence-electron chi connectivity index (χ3n) is 2.83. The Labute approximate surface area is 108 Å². The van der Waals surface area contributed by atoms with Crippen molar-refractivity contribution < 1.29 is 14.6 Å². The van der Waals surface area contributed by atoms with Crippen LogP contribution in [0.5, 0.6) is 0 Å². The van der Waals surface area contributed by atoms with E-state index in [1.54, 1.807) is 0 Å². The molecule has 8 heteroatoms. The van der Waals surface area contributed by atoms with Crippen LogP contribution < -0.4 is 5.69 Å². The number of H-pyrrole nitrogens is 1. The number of thioether (sulfide) groups is 1. The Balaban J connectivity index is 2.02. The molecule has 0 aromatic carbocycles. The minimum atomic E-state index is -0.928. The molecule has 0 radical (unpaired) electrons. The predicted molar refractivity (Wildman–Crippen MR) is 64.9 cm³/mol. The molecule has 1 saturated carbocycles. The summed E-state index contributed by atoms with van der Waals surface area (Å²) in [5, 5.41) is 15.3. The zero-order chi connectivity index (χ0) is 13.1. The molecule has 1 aliphatic carbocycles. The van der Waals surface area contributed by atoms with Gasteiger partial charge in [-0.15, -0.1) is 5.10 Å². The fourth-order valence-corrected chi connectivity index (χ4v) is 2.69. The second kappa shape index (κ2) is 5.57. The molecule has 1 aromatic rings. The van der Waals surface area contributed by atoms with Crippen molar-refractivity contribution in [2.45, 2.75) is 37.1 Å². The first-order valence-corrected chi connectivity index (χ1v) is 6.73. The summed E-state index contributed by atoms with van der Waals surface area (Å²) < 4.78 is 6.97. The van der Waals surface area contributed by atoms with E-state index in [1.165, 1.54) is 4.57 Å². The van der Waals surface area contributed by atoms with Crippen LogP contribution in [0.1, 0.15) is 25.8 Å². The predicted octanol–water partition coefficient (Wildman–Crippen LogP) is 0.488. The van der Waals surface area contributed by atoms with Crippen LogP contribution in [0.25, 0.3) is 0 Å². The van der Waals surface area contributed by atoms with Gasteiger partial charge in [-0.05, 0) is 19.8 Å². The molecule has 18 heavy (non-hydrogen) atoms. The summed E-state index contributed by atoms with van der Waals surface area (Å²) in [4.78, 5) is 22.1. The molecule has 100 valence electrons. The van der Waals surface area contributed by atoms with Crippen LogP contribution >= 0.6 is 11.8 Å². The lowest BCUT2D eigenvalue weighted by atomic mass is 9.89. The van der Waals surface area contributed by atoms with Gasteiger partial charge >= 0.3 is 11.7 Å². The number of nitrogens with zero attached hydrogens (tertiary/aromatic N) is 2. The first-order valence-electron chi connectivity index (χ1n) is 5.75. The Kier molecular flexibility index (Phi) is 4.07. The highest BCUT2D eigenvalue weighted by Gasteiger charge is 2.33. The van der Waals surface area contributed by atoms with Crippen LogP contribution in [0.3, 0.4) is 0 Å². The van der Waals surface area contributed by atoms with Gasteiger partial charge in [0.15, 0.2) is 5.16 Å². The van der Waals surface area contributed by atoms with E-state index < -0.39 is 5.97 Å². The Bertz CT molecular complexity index is 478. The number of rotatable bonds is 6. The van der Waals surface area contributed by atoms with Crippen molar-refractivity contribution in [2.24, 2.45) is 0 Å². The van der Waals surface area contributed by atoms with Crippen molar-refractivity contribution in [3.05, 3.63) is 10.5 Å². The number of hydrogen-bond acceptors (Lipinski definition) is 5. The number of aromatic amines is 1. The first-order chi connectivity index (χ1) is 8.61. The summed E-state index contributed by atoms with van der Waals surface area (Å²) in [7, 11) is 0. The maximum atomic E-state index is 11.6. The zero-order valence-corrected chi connectivity index (χ0v) is 10.8. The van der Waals surface area contributed by atoms with E-state index in [0.717, 1.165) is 24.6 Å². The molecule has 0 aliphatic heterocycles. The number of carbonyl (C=O) groups is 1. The highest BCUT2D eigenvalue weighted by atomic mass is 32.2. The maximum Gasteiger partial charge on any atom is 0.344 e. The van der Waals surface area contributed by atoms with Gasteiger partial charge in [0.1, 0.15) is 0 Å². The summed E-state index contributed by atoms with van der Waals surface area (Å²) in [6.45, 7) is 2.60. The lowest BCUT2D eigenvalue weighted by Gasteiger charge is -2.35. The average molecular weight is 273 g/mol. The van der Waals surface area contributed by atoms with E-state index in [4.69, 9.17) is 9.84 Å². The lowest BCUT2D eigenvalue weighted by molar-refractivity contribution is -0.133. The van der Waals surface area contributed by atoms with Crippen LogP contribution in [0.2, 0.25) is 0 Å². The van der Waals surface area contributed by atoms with Gasteiger partial charge in [-0.1, -0.05) is 11.8 Å². The van der Waals surface area contributed by atoms with Crippen molar-refractivity contribution in [3.63, 3.8) is 0 Å². The fraction of sp³-hybridized carbons (Fsp3) is 0.700. The number of aromatic nitrogens is 3. The van der Waals surface area contributed by atoms with E-state index in [-0.39, 0.29) is 23.6 Å². The van der Waals surface area contributed by atoms with E-state index in [2.05, 4.69) is 10.2 Å². The minimum Gasteiger partial charge on any atom is -0.481 e. The van der Waals surface area contributed by atoms with Gasteiger partial charge in [-0.2, -0.15) is 0 Å². The summed E-state index contributed by atoms with van der Waals surface area (Å²) >= 11 is 1.05. The molecule has 2 N–H and O–H groups in total. The van der Waals surface area contributed by atoms with Gasteiger partial charge in [0.05, 0.1) is 11.9 Å². The van der Waals surface area contributed by atoms with Crippen molar-refractivity contribution in [2.75, 3.05) is 12.4 Å². The quantitative estimate of drug-likeness (QED) is 0.732. The van der Waals surface area contributed by atoms with Crippen molar-refractivity contribution in [1.29, 1.82) is 0 Å². The molecule has 0 unspecified atom stereocenters. The van der Waals surface area contributed by atoms with E-state index in [9.17, 15) is 9.59 Å². The normalized spacial score (nSPS) is 22.7. The molecule has 0 amide bonds. The first kappa shape index (κ1) is 13.2. The second-order valence-corrected chi connectivity index (χ2v) is 5.01. The Morgan fingerprint density at radius 1 is 1.67 bits per heavy atom. The van der Waals surface area contributed by atoms with Crippen molar-refractivity contribution in [3.8, 4) is 0 Å². The molecular weight excluding hydrogens is 258 g/mol. The molecule has 2 rings (SSSR count). The summed E-state index contributed by atoms with van der Waals surface area (Å²) in [6, 6.07) is 0.0593. The number of carboxylic acids is 1. The SMILES string of the molecule is CCOC1CC(n2c(SCC(=O)O)n[nH]c2=O)C1. The van der Waals surface area contributed by atoms with Crippen LogP contribution in [0.15, 0.2) is 9.95 Å². The summed E-state index contributed by atoms with van der Waals surface area (Å²) in [5.41, 5.74) is -0.289. The smallest absolute Gasteiger partial charge is 0.344 e. The molecule has 1 aliphatic rings. The Morgan fingerprint density at radius 3 is 3.00 bits per heavy atom. The number of aliphatic carboxylic acids is 1. The fourth-order valence-electron chi connectivity index (χ4n) is 1.96. The molecule has 1 heterocycles. The third-order valence-corrected chi connectivity index (χ3v) is 3.77. The Morgan fingerprint density at radius 2 is 2.39 bits per heavy atom. The second-order valence-electron chi connectivity index (χ2n) is 4.07. The molecule has 7 nitrogen and oxygen atoms in total. The topological polar surface area (TPSA) is 97.2 Å². The lowest BCUT2D eigenvalue weighted by Crippen LogP contribution is -2.37. The molecule has 0 saturated heterocycles. The Hall–Kier alpha value is -1.28. The summed E-state index contributed by atoms with van der Waals surface area (Å²) in [6.07, 6.45) is 1.74. The molecular formula is C10H15N3O4S. The van der Waals surface area contributed by atoms with E-state index >= 15 is 0 Å². The minimum absolute atomic E-state index is 0.0593. The van der Waals surface area contributed by atoms with Gasteiger partial charge in [0.25, 0.3) is 0 Å². The number of nitrogens with one attached hydrogen (secondary N) is 1. The van der Waals surface area contributed by atoms with Gasteiger partial charge in [0, 0.05) is 12.6 Å². The zero-order valence-electron chi connectivity index (χ0n) is 9.96. The van der Waals surface area contributed by atoms with Gasteiger partial charge in [-0.3, -0.25) is 9.36 Å². The number of hydrogen-bond donors (Lipinski definition) is 2. The largest absolute Gasteiger partial charge is 0.481 e. The van der Waals surface area contributed by atoms with E-state index in [1.807, 2.05) is 6.92 Å². The maximum absolute atomic E-state index is 11.6. The third kappa shape index (κ3) is 2.75. The van der Waals surface area contributed by atoms with Gasteiger partial charge < -0.3 is 9.84 Å².